The number of fused-ring (bicyclic) bond motifs is 1. The fourth-order valence-corrected chi connectivity index (χ4v) is 2.40. The van der Waals surface area contributed by atoms with Crippen molar-refractivity contribution >= 4 is 0 Å². The van der Waals surface area contributed by atoms with Gasteiger partial charge in [-0.25, -0.2) is 0 Å². The molecule has 0 saturated heterocycles. The predicted molar refractivity (Wildman–Crippen MR) is 62.2 cm³/mol. The molecule has 0 bridgehead atoms. The second-order valence-electron chi connectivity index (χ2n) is 4.37. The Morgan fingerprint density at radius 2 is 2.00 bits per heavy atom. The summed E-state index contributed by atoms with van der Waals surface area (Å²) in [6.45, 7) is 2.27. The van der Waals surface area contributed by atoms with Gasteiger partial charge >= 0.3 is 0 Å². The first-order valence-electron chi connectivity index (χ1n) is 5.99. The lowest BCUT2D eigenvalue weighted by Crippen LogP contribution is -1.98. The lowest BCUT2D eigenvalue weighted by molar-refractivity contribution is 0.797. The molecule has 0 radical (unpaired) electrons. The van der Waals surface area contributed by atoms with E-state index in [1.165, 1.54) is 50.5 Å². The smallest absolute Gasteiger partial charge is 0.0239 e. The van der Waals surface area contributed by atoms with Crippen molar-refractivity contribution in [3.63, 3.8) is 0 Å². The molecule has 0 N–H and O–H groups in total. The van der Waals surface area contributed by atoms with E-state index in [4.69, 9.17) is 0 Å². The number of rotatable bonds is 2. The average Bonchev–Trinajstić information content (AvgIpc) is 2.42. The van der Waals surface area contributed by atoms with Gasteiger partial charge in [-0.15, -0.1) is 0 Å². The zero-order chi connectivity index (χ0) is 9.80. The minimum Gasteiger partial charge on any atom is -0.0807 e. The van der Waals surface area contributed by atoms with Gasteiger partial charge in [0.1, 0.15) is 0 Å². The summed E-state index contributed by atoms with van der Waals surface area (Å²) in [6, 6.07) is 0. The first-order chi connectivity index (χ1) is 6.90. The van der Waals surface area contributed by atoms with Gasteiger partial charge in [0.25, 0.3) is 0 Å². The van der Waals surface area contributed by atoms with Crippen molar-refractivity contribution in [2.45, 2.75) is 51.9 Å². The van der Waals surface area contributed by atoms with Crippen LogP contribution in [0.2, 0.25) is 0 Å². The zero-order valence-electron chi connectivity index (χ0n) is 9.18. The third kappa shape index (κ3) is 2.17. The molecule has 0 spiro atoms. The fourth-order valence-electron chi connectivity index (χ4n) is 2.40. The van der Waals surface area contributed by atoms with Gasteiger partial charge in [0.2, 0.25) is 0 Å². The SMILES string of the molecule is CCCC1=CC2=CCCCC=C2CC1. The van der Waals surface area contributed by atoms with E-state index in [2.05, 4.69) is 25.2 Å². The van der Waals surface area contributed by atoms with Crippen molar-refractivity contribution in [2.75, 3.05) is 0 Å². The summed E-state index contributed by atoms with van der Waals surface area (Å²) < 4.78 is 0. The summed E-state index contributed by atoms with van der Waals surface area (Å²) >= 11 is 0. The molecule has 2 aliphatic rings. The van der Waals surface area contributed by atoms with Crippen LogP contribution in [-0.4, -0.2) is 0 Å². The van der Waals surface area contributed by atoms with Crippen molar-refractivity contribution in [2.24, 2.45) is 0 Å². The van der Waals surface area contributed by atoms with Crippen molar-refractivity contribution in [1.82, 2.24) is 0 Å². The highest BCUT2D eigenvalue weighted by molar-refractivity contribution is 5.45. The van der Waals surface area contributed by atoms with Crippen LogP contribution in [0.15, 0.2) is 34.9 Å². The van der Waals surface area contributed by atoms with Crippen molar-refractivity contribution in [3.05, 3.63) is 34.9 Å². The van der Waals surface area contributed by atoms with Crippen LogP contribution in [-0.2, 0) is 0 Å². The van der Waals surface area contributed by atoms with Gasteiger partial charge in [-0.05, 0) is 49.7 Å². The first kappa shape index (κ1) is 9.76. The number of hydrogen-bond acceptors (Lipinski definition) is 0. The Kier molecular flexibility index (Phi) is 3.23. The van der Waals surface area contributed by atoms with Crippen LogP contribution >= 0.6 is 0 Å². The summed E-state index contributed by atoms with van der Waals surface area (Å²) in [6.07, 6.45) is 16.4. The number of hydrogen-bond donors (Lipinski definition) is 0. The van der Waals surface area contributed by atoms with Crippen molar-refractivity contribution < 1.29 is 0 Å². The van der Waals surface area contributed by atoms with Crippen LogP contribution < -0.4 is 0 Å². The van der Waals surface area contributed by atoms with Gasteiger partial charge in [-0.2, -0.15) is 0 Å². The first-order valence-corrected chi connectivity index (χ1v) is 5.99. The van der Waals surface area contributed by atoms with Crippen LogP contribution in [0.3, 0.4) is 0 Å². The molecule has 0 heterocycles. The topological polar surface area (TPSA) is 0 Å². The molecule has 0 fully saturated rings. The maximum Gasteiger partial charge on any atom is -0.0239 e. The molecule has 0 nitrogen and oxygen atoms in total. The maximum atomic E-state index is 2.46. The van der Waals surface area contributed by atoms with E-state index >= 15 is 0 Å². The standard InChI is InChI=1S/C14H20/c1-2-6-12-9-10-13-7-4-3-5-8-14(13)11-12/h7-8,11H,2-6,9-10H2,1H3. The minimum absolute atomic E-state index is 1.27. The van der Waals surface area contributed by atoms with Crippen LogP contribution in [0, 0.1) is 0 Å². The van der Waals surface area contributed by atoms with Gasteiger partial charge in [0, 0.05) is 0 Å². The Hall–Kier alpha value is -0.780. The normalized spacial score (nSPS) is 21.6. The molecule has 2 rings (SSSR count). The third-order valence-electron chi connectivity index (χ3n) is 3.18. The molecule has 0 unspecified atom stereocenters. The Morgan fingerprint density at radius 1 is 1.14 bits per heavy atom. The molecule has 2 aliphatic carbocycles. The summed E-state index contributed by atoms with van der Waals surface area (Å²) in [4.78, 5) is 0. The van der Waals surface area contributed by atoms with E-state index in [-0.39, 0.29) is 0 Å². The van der Waals surface area contributed by atoms with Gasteiger partial charge in [0.05, 0.1) is 0 Å². The van der Waals surface area contributed by atoms with Crippen LogP contribution in [0.4, 0.5) is 0 Å². The molecular weight excluding hydrogens is 168 g/mol. The van der Waals surface area contributed by atoms with Gasteiger partial charge in [-0.3, -0.25) is 0 Å². The highest BCUT2D eigenvalue weighted by Gasteiger charge is 2.12. The van der Waals surface area contributed by atoms with Crippen LogP contribution in [0.25, 0.3) is 0 Å². The van der Waals surface area contributed by atoms with E-state index in [0.29, 0.717) is 0 Å². The molecule has 0 aromatic heterocycles. The molecule has 0 amide bonds. The summed E-state index contributed by atoms with van der Waals surface area (Å²) in [5.41, 5.74) is 4.82. The summed E-state index contributed by atoms with van der Waals surface area (Å²) in [5, 5.41) is 0. The Labute approximate surface area is 87.4 Å². The Balaban J connectivity index is 2.18. The molecular formula is C14H20. The molecule has 0 aromatic carbocycles. The Bertz CT molecular complexity index is 289. The van der Waals surface area contributed by atoms with E-state index in [9.17, 15) is 0 Å². The Morgan fingerprint density at radius 3 is 2.86 bits per heavy atom. The second kappa shape index (κ2) is 4.63. The van der Waals surface area contributed by atoms with E-state index < -0.39 is 0 Å². The lowest BCUT2D eigenvalue weighted by atomic mass is 9.88. The largest absolute Gasteiger partial charge is 0.0807 e. The molecule has 0 heteroatoms. The lowest BCUT2D eigenvalue weighted by Gasteiger charge is -2.17. The van der Waals surface area contributed by atoms with Crippen molar-refractivity contribution in [3.8, 4) is 0 Å². The minimum atomic E-state index is 1.27. The molecule has 0 aliphatic heterocycles. The predicted octanol–water partition coefficient (Wildman–Crippen LogP) is 4.54. The van der Waals surface area contributed by atoms with E-state index in [0.717, 1.165) is 0 Å². The van der Waals surface area contributed by atoms with Gasteiger partial charge in [0.15, 0.2) is 0 Å². The summed E-state index contributed by atoms with van der Waals surface area (Å²) in [7, 11) is 0. The quantitative estimate of drug-likeness (QED) is 0.596. The van der Waals surface area contributed by atoms with E-state index in [1.54, 1.807) is 11.1 Å². The second-order valence-corrected chi connectivity index (χ2v) is 4.37. The highest BCUT2D eigenvalue weighted by atomic mass is 14.2. The molecule has 14 heavy (non-hydrogen) atoms. The van der Waals surface area contributed by atoms with Crippen LogP contribution in [0.1, 0.15) is 51.9 Å². The van der Waals surface area contributed by atoms with Gasteiger partial charge in [-0.1, -0.05) is 37.1 Å². The average molecular weight is 188 g/mol. The van der Waals surface area contributed by atoms with Crippen molar-refractivity contribution in [1.29, 1.82) is 0 Å². The van der Waals surface area contributed by atoms with E-state index in [1.807, 2.05) is 0 Å². The molecule has 76 valence electrons. The van der Waals surface area contributed by atoms with Crippen LogP contribution in [0.5, 0.6) is 0 Å². The molecule has 0 aromatic rings. The molecule has 0 atom stereocenters. The van der Waals surface area contributed by atoms with Gasteiger partial charge < -0.3 is 0 Å². The maximum absolute atomic E-state index is 2.46. The monoisotopic (exact) mass is 188 g/mol. The highest BCUT2D eigenvalue weighted by Crippen LogP contribution is 2.32. The summed E-state index contributed by atoms with van der Waals surface area (Å²) in [5.74, 6) is 0. The number of allylic oxidation sites excluding steroid dienone is 6. The fraction of sp³-hybridized carbons (Fsp3) is 0.571. The third-order valence-corrected chi connectivity index (χ3v) is 3.18. The molecule has 0 saturated carbocycles. The zero-order valence-corrected chi connectivity index (χ0v) is 9.18.